The number of aromatic nitrogens is 1. The molecule has 0 radical (unpaired) electrons. The van der Waals surface area contributed by atoms with Gasteiger partial charge in [-0.3, -0.25) is 4.79 Å². The Hall–Kier alpha value is -1.82. The number of rotatable bonds is 3. The van der Waals surface area contributed by atoms with Gasteiger partial charge in [0, 0.05) is 31.8 Å². The first-order valence-corrected chi connectivity index (χ1v) is 6.79. The van der Waals surface area contributed by atoms with Crippen molar-refractivity contribution in [3.05, 3.63) is 18.3 Å². The van der Waals surface area contributed by atoms with E-state index in [-0.39, 0.29) is 11.8 Å². The summed E-state index contributed by atoms with van der Waals surface area (Å²) in [5.74, 6) is 1.38. The first-order chi connectivity index (χ1) is 9.67. The summed E-state index contributed by atoms with van der Waals surface area (Å²) < 4.78 is 10.9. The fourth-order valence-corrected chi connectivity index (χ4v) is 3.29. The van der Waals surface area contributed by atoms with Gasteiger partial charge in [0.1, 0.15) is 0 Å². The molecule has 2 saturated heterocycles. The molecular weight excluding hydrogens is 258 g/mol. The summed E-state index contributed by atoms with van der Waals surface area (Å²) in [7, 11) is 1.62. The molecule has 2 fully saturated rings. The van der Waals surface area contributed by atoms with E-state index in [0.717, 1.165) is 12.4 Å². The number of methoxy groups -OCH3 is 1. The van der Waals surface area contributed by atoms with Crippen molar-refractivity contribution in [2.45, 2.75) is 6.42 Å². The van der Waals surface area contributed by atoms with Crippen LogP contribution in [0.15, 0.2) is 18.3 Å². The van der Waals surface area contributed by atoms with E-state index in [1.54, 1.807) is 13.3 Å². The van der Waals surface area contributed by atoms with Crippen molar-refractivity contribution in [1.29, 1.82) is 0 Å². The normalized spacial score (nSPS) is 29.1. The molecule has 0 bridgehead atoms. The highest BCUT2D eigenvalue weighted by Gasteiger charge is 2.53. The molecule has 20 heavy (non-hydrogen) atoms. The Balaban J connectivity index is 1.93. The molecular formula is C14H19N3O3. The highest BCUT2D eigenvalue weighted by atomic mass is 16.5. The maximum absolute atomic E-state index is 12.0. The quantitative estimate of drug-likeness (QED) is 0.866. The second-order valence-corrected chi connectivity index (χ2v) is 5.45. The van der Waals surface area contributed by atoms with E-state index >= 15 is 0 Å². The molecule has 108 valence electrons. The van der Waals surface area contributed by atoms with E-state index in [9.17, 15) is 4.79 Å². The lowest BCUT2D eigenvalue weighted by Gasteiger charge is -2.35. The summed E-state index contributed by atoms with van der Waals surface area (Å²) in [6, 6.07) is 3.70. The third kappa shape index (κ3) is 1.91. The Labute approximate surface area is 117 Å². The molecule has 3 rings (SSSR count). The van der Waals surface area contributed by atoms with Crippen molar-refractivity contribution in [2.24, 2.45) is 17.1 Å². The minimum Gasteiger partial charge on any atom is -0.493 e. The Morgan fingerprint density at radius 2 is 2.50 bits per heavy atom. The first-order valence-electron chi connectivity index (χ1n) is 6.79. The molecule has 1 amide bonds. The van der Waals surface area contributed by atoms with E-state index in [0.29, 0.717) is 31.9 Å². The summed E-state index contributed by atoms with van der Waals surface area (Å²) >= 11 is 0. The van der Waals surface area contributed by atoms with E-state index in [1.807, 2.05) is 12.1 Å². The smallest absolute Gasteiger partial charge is 0.225 e. The topological polar surface area (TPSA) is 77.7 Å². The molecule has 2 N–H and O–H groups in total. The second-order valence-electron chi connectivity index (χ2n) is 5.45. The minimum atomic E-state index is -0.499. The van der Waals surface area contributed by atoms with Crippen LogP contribution in [0.5, 0.6) is 5.75 Å². The van der Waals surface area contributed by atoms with Gasteiger partial charge in [0.15, 0.2) is 11.6 Å². The summed E-state index contributed by atoms with van der Waals surface area (Å²) in [5.41, 5.74) is 5.18. The Bertz CT molecular complexity index is 522. The van der Waals surface area contributed by atoms with Gasteiger partial charge >= 0.3 is 0 Å². The molecule has 0 aromatic carbocycles. The standard InChI is InChI=1S/C14H19N3O3/c1-19-11-3-2-5-16-12(11)17-7-10-8-20-6-4-14(10,9-17)13(15)18/h2-3,5,10H,4,6-9H2,1H3,(H2,15,18)/t10-,14+/m1/s1. The summed E-state index contributed by atoms with van der Waals surface area (Å²) in [6.45, 7) is 2.47. The van der Waals surface area contributed by atoms with Crippen LogP contribution in [0.4, 0.5) is 5.82 Å². The van der Waals surface area contributed by atoms with Gasteiger partial charge in [0.25, 0.3) is 0 Å². The van der Waals surface area contributed by atoms with Crippen LogP contribution in [0.2, 0.25) is 0 Å². The number of ether oxygens (including phenoxy) is 2. The number of hydrogen-bond donors (Lipinski definition) is 1. The van der Waals surface area contributed by atoms with Crippen LogP contribution in [0.1, 0.15) is 6.42 Å². The van der Waals surface area contributed by atoms with Crippen LogP contribution < -0.4 is 15.4 Å². The molecule has 1 aromatic heterocycles. The SMILES string of the molecule is COc1cccnc1N1C[C@@H]2COCC[C@]2(C(N)=O)C1. The summed E-state index contributed by atoms with van der Waals surface area (Å²) in [6.07, 6.45) is 2.41. The third-order valence-corrected chi connectivity index (χ3v) is 4.47. The van der Waals surface area contributed by atoms with Crippen molar-refractivity contribution in [3.8, 4) is 5.75 Å². The molecule has 3 heterocycles. The van der Waals surface area contributed by atoms with Crippen LogP contribution >= 0.6 is 0 Å². The number of nitrogens with two attached hydrogens (primary N) is 1. The van der Waals surface area contributed by atoms with Gasteiger partial charge in [-0.25, -0.2) is 4.98 Å². The largest absolute Gasteiger partial charge is 0.493 e. The Morgan fingerprint density at radius 3 is 3.20 bits per heavy atom. The summed E-state index contributed by atoms with van der Waals surface area (Å²) in [4.78, 5) is 18.5. The van der Waals surface area contributed by atoms with Gasteiger partial charge in [-0.1, -0.05) is 0 Å². The van der Waals surface area contributed by atoms with Gasteiger partial charge in [-0.05, 0) is 18.6 Å². The molecule has 0 unspecified atom stereocenters. The monoisotopic (exact) mass is 277 g/mol. The molecule has 1 aromatic rings. The van der Waals surface area contributed by atoms with E-state index in [2.05, 4.69) is 9.88 Å². The number of fused-ring (bicyclic) bond motifs is 1. The molecule has 2 atom stereocenters. The number of amides is 1. The molecule has 2 aliphatic rings. The first kappa shape index (κ1) is 13.2. The second kappa shape index (κ2) is 4.94. The number of anilines is 1. The van der Waals surface area contributed by atoms with Crippen molar-refractivity contribution >= 4 is 11.7 Å². The van der Waals surface area contributed by atoms with Gasteiger partial charge in [0.2, 0.25) is 5.91 Å². The lowest BCUT2D eigenvalue weighted by Crippen LogP contribution is -2.48. The molecule has 2 aliphatic heterocycles. The lowest BCUT2D eigenvalue weighted by atomic mass is 9.74. The minimum absolute atomic E-state index is 0.125. The van der Waals surface area contributed by atoms with Gasteiger partial charge in [-0.15, -0.1) is 0 Å². The van der Waals surface area contributed by atoms with Crippen LogP contribution in [0, 0.1) is 11.3 Å². The molecule has 6 nitrogen and oxygen atoms in total. The number of carbonyl (C=O) groups is 1. The zero-order valence-electron chi connectivity index (χ0n) is 11.5. The third-order valence-electron chi connectivity index (χ3n) is 4.47. The average Bonchev–Trinajstić information content (AvgIpc) is 2.88. The lowest BCUT2D eigenvalue weighted by molar-refractivity contribution is -0.135. The number of hydrogen-bond acceptors (Lipinski definition) is 5. The predicted molar refractivity (Wildman–Crippen MR) is 73.6 cm³/mol. The zero-order valence-corrected chi connectivity index (χ0v) is 11.5. The molecule has 6 heteroatoms. The number of nitrogens with zero attached hydrogens (tertiary/aromatic N) is 2. The van der Waals surface area contributed by atoms with E-state index in [1.165, 1.54) is 0 Å². The van der Waals surface area contributed by atoms with Crippen LogP contribution in [-0.4, -0.2) is 44.3 Å². The maximum Gasteiger partial charge on any atom is 0.225 e. The highest BCUT2D eigenvalue weighted by Crippen LogP contribution is 2.44. The van der Waals surface area contributed by atoms with E-state index < -0.39 is 5.41 Å². The number of pyridine rings is 1. The Kier molecular flexibility index (Phi) is 3.25. The average molecular weight is 277 g/mol. The van der Waals surface area contributed by atoms with Crippen molar-refractivity contribution in [3.63, 3.8) is 0 Å². The predicted octanol–water partition coefficient (Wildman–Crippen LogP) is 0.418. The molecule has 0 saturated carbocycles. The highest BCUT2D eigenvalue weighted by molar-refractivity contribution is 5.83. The van der Waals surface area contributed by atoms with Crippen molar-refractivity contribution in [2.75, 3.05) is 38.3 Å². The zero-order chi connectivity index (χ0) is 14.2. The fraction of sp³-hybridized carbons (Fsp3) is 0.571. The summed E-state index contributed by atoms with van der Waals surface area (Å²) in [5, 5.41) is 0. The van der Waals surface area contributed by atoms with Gasteiger partial charge in [0.05, 0.1) is 19.1 Å². The van der Waals surface area contributed by atoms with Crippen molar-refractivity contribution < 1.29 is 14.3 Å². The van der Waals surface area contributed by atoms with Crippen molar-refractivity contribution in [1.82, 2.24) is 4.98 Å². The molecule has 0 aliphatic carbocycles. The maximum atomic E-state index is 12.0. The molecule has 0 spiro atoms. The van der Waals surface area contributed by atoms with Crippen LogP contribution in [0.25, 0.3) is 0 Å². The van der Waals surface area contributed by atoms with Crippen LogP contribution in [0.3, 0.4) is 0 Å². The van der Waals surface area contributed by atoms with Crippen LogP contribution in [-0.2, 0) is 9.53 Å². The van der Waals surface area contributed by atoms with E-state index in [4.69, 9.17) is 15.2 Å². The fourth-order valence-electron chi connectivity index (χ4n) is 3.29. The van der Waals surface area contributed by atoms with Gasteiger partial charge < -0.3 is 20.1 Å². The Morgan fingerprint density at radius 1 is 1.65 bits per heavy atom. The number of carbonyl (C=O) groups excluding carboxylic acids is 1. The number of primary amides is 1. The van der Waals surface area contributed by atoms with Gasteiger partial charge in [-0.2, -0.15) is 0 Å².